The predicted octanol–water partition coefficient (Wildman–Crippen LogP) is 2.72. The summed E-state index contributed by atoms with van der Waals surface area (Å²) >= 11 is 3.49. The summed E-state index contributed by atoms with van der Waals surface area (Å²) in [5.74, 6) is 0.248. The average Bonchev–Trinajstić information content (AvgIpc) is 2.34. The van der Waals surface area contributed by atoms with Gasteiger partial charge in [-0.25, -0.2) is 0 Å². The van der Waals surface area contributed by atoms with Gasteiger partial charge in [0.2, 0.25) is 5.91 Å². The zero-order chi connectivity index (χ0) is 13.1. The van der Waals surface area contributed by atoms with E-state index in [0.717, 1.165) is 41.8 Å². The van der Waals surface area contributed by atoms with Crippen LogP contribution in [-0.2, 0) is 4.79 Å². The van der Waals surface area contributed by atoms with Gasteiger partial charge < -0.3 is 10.2 Å². The van der Waals surface area contributed by atoms with Gasteiger partial charge in [-0.2, -0.15) is 0 Å². The van der Waals surface area contributed by atoms with Crippen LogP contribution >= 0.6 is 15.9 Å². The van der Waals surface area contributed by atoms with Crippen molar-refractivity contribution in [3.8, 4) is 0 Å². The fraction of sp³-hybridized carbons (Fsp3) is 0.500. The lowest BCUT2D eigenvalue weighted by Gasteiger charge is -2.29. The summed E-state index contributed by atoms with van der Waals surface area (Å²) in [5, 5.41) is 3.30. The smallest absolute Gasteiger partial charge is 0.231 e. The first-order valence-electron chi connectivity index (χ1n) is 6.38. The molecule has 1 heterocycles. The molecule has 18 heavy (non-hydrogen) atoms. The summed E-state index contributed by atoms with van der Waals surface area (Å²) in [6.45, 7) is 6.57. The van der Waals surface area contributed by atoms with Crippen LogP contribution in [0.5, 0.6) is 0 Å². The van der Waals surface area contributed by atoms with E-state index in [-0.39, 0.29) is 11.8 Å². The standard InChI is InChI=1S/C14H19BrN2O/c1-10-8-12(4-5-13(10)15)17-7-3-6-16-9-11(2)14(17)18/h4-5,8,11,16H,3,6-7,9H2,1-2H3. The molecular weight excluding hydrogens is 292 g/mol. The zero-order valence-corrected chi connectivity index (χ0v) is 12.5. The van der Waals surface area contributed by atoms with Gasteiger partial charge in [0.05, 0.1) is 0 Å². The second-order valence-corrected chi connectivity index (χ2v) is 5.74. The molecule has 1 aliphatic heterocycles. The minimum Gasteiger partial charge on any atom is -0.316 e. The van der Waals surface area contributed by atoms with Gasteiger partial charge in [-0.05, 0) is 43.7 Å². The highest BCUT2D eigenvalue weighted by Gasteiger charge is 2.23. The number of aryl methyl sites for hydroxylation is 1. The lowest BCUT2D eigenvalue weighted by Crippen LogP contribution is -2.43. The molecule has 4 heteroatoms. The number of rotatable bonds is 1. The fourth-order valence-electron chi connectivity index (χ4n) is 2.20. The quantitative estimate of drug-likeness (QED) is 0.865. The van der Waals surface area contributed by atoms with Crippen LogP contribution < -0.4 is 10.2 Å². The maximum absolute atomic E-state index is 12.4. The lowest BCUT2D eigenvalue weighted by atomic mass is 10.1. The topological polar surface area (TPSA) is 32.3 Å². The Balaban J connectivity index is 2.27. The minimum absolute atomic E-state index is 0.0363. The van der Waals surface area contributed by atoms with Crippen LogP contribution in [0.3, 0.4) is 0 Å². The Kier molecular flexibility index (Phi) is 4.40. The van der Waals surface area contributed by atoms with Crippen molar-refractivity contribution >= 4 is 27.5 Å². The van der Waals surface area contributed by atoms with Crippen LogP contribution in [0.15, 0.2) is 22.7 Å². The van der Waals surface area contributed by atoms with Gasteiger partial charge in [0.1, 0.15) is 0 Å². The highest BCUT2D eigenvalue weighted by atomic mass is 79.9. The van der Waals surface area contributed by atoms with Crippen molar-refractivity contribution in [3.05, 3.63) is 28.2 Å². The third-order valence-electron chi connectivity index (χ3n) is 3.33. The van der Waals surface area contributed by atoms with Gasteiger partial charge in [0, 0.05) is 29.2 Å². The first-order chi connectivity index (χ1) is 8.59. The Morgan fingerprint density at radius 3 is 2.94 bits per heavy atom. The fourth-order valence-corrected chi connectivity index (χ4v) is 2.44. The number of benzene rings is 1. The molecule has 1 aromatic carbocycles. The Morgan fingerprint density at radius 2 is 2.22 bits per heavy atom. The third-order valence-corrected chi connectivity index (χ3v) is 4.22. The van der Waals surface area contributed by atoms with Gasteiger partial charge in [-0.3, -0.25) is 4.79 Å². The van der Waals surface area contributed by atoms with Crippen LogP contribution in [0.2, 0.25) is 0 Å². The summed E-state index contributed by atoms with van der Waals surface area (Å²) in [5.41, 5.74) is 2.17. The summed E-state index contributed by atoms with van der Waals surface area (Å²) in [7, 11) is 0. The van der Waals surface area contributed by atoms with Gasteiger partial charge in [0.15, 0.2) is 0 Å². The molecule has 0 aromatic heterocycles. The number of hydrogen-bond acceptors (Lipinski definition) is 2. The van der Waals surface area contributed by atoms with Crippen molar-refractivity contribution in [2.24, 2.45) is 5.92 Å². The molecule has 2 rings (SSSR count). The highest BCUT2D eigenvalue weighted by Crippen LogP contribution is 2.24. The van der Waals surface area contributed by atoms with Gasteiger partial charge in [-0.15, -0.1) is 0 Å². The van der Waals surface area contributed by atoms with Crippen LogP contribution in [-0.4, -0.2) is 25.5 Å². The molecule has 0 bridgehead atoms. The molecule has 1 atom stereocenters. The summed E-state index contributed by atoms with van der Waals surface area (Å²) < 4.78 is 1.08. The molecule has 1 fully saturated rings. The van der Waals surface area contributed by atoms with E-state index < -0.39 is 0 Å². The number of nitrogens with one attached hydrogen (secondary N) is 1. The Morgan fingerprint density at radius 1 is 1.44 bits per heavy atom. The summed E-state index contributed by atoms with van der Waals surface area (Å²) in [4.78, 5) is 14.3. The molecule has 1 N–H and O–H groups in total. The number of halogens is 1. The van der Waals surface area contributed by atoms with E-state index in [4.69, 9.17) is 0 Å². The third kappa shape index (κ3) is 2.93. The molecule has 0 saturated carbocycles. The highest BCUT2D eigenvalue weighted by molar-refractivity contribution is 9.10. The maximum atomic E-state index is 12.4. The number of carbonyl (C=O) groups excluding carboxylic acids is 1. The molecule has 1 aromatic rings. The van der Waals surface area contributed by atoms with Crippen molar-refractivity contribution in [3.63, 3.8) is 0 Å². The molecule has 98 valence electrons. The second-order valence-electron chi connectivity index (χ2n) is 4.88. The van der Waals surface area contributed by atoms with E-state index in [2.05, 4.69) is 27.3 Å². The van der Waals surface area contributed by atoms with E-state index >= 15 is 0 Å². The van der Waals surface area contributed by atoms with Crippen LogP contribution in [0.1, 0.15) is 18.9 Å². The van der Waals surface area contributed by atoms with E-state index in [9.17, 15) is 4.79 Å². The number of carbonyl (C=O) groups is 1. The normalized spacial score (nSPS) is 21.6. The first kappa shape index (κ1) is 13.6. The SMILES string of the molecule is Cc1cc(N2CCCNCC(C)C2=O)ccc1Br. The number of nitrogens with zero attached hydrogens (tertiary/aromatic N) is 1. The Labute approximate surface area is 117 Å². The molecule has 3 nitrogen and oxygen atoms in total. The molecule has 1 unspecified atom stereocenters. The number of amides is 1. The van der Waals surface area contributed by atoms with Gasteiger partial charge in [0.25, 0.3) is 0 Å². The monoisotopic (exact) mass is 310 g/mol. The molecular formula is C14H19BrN2O. The molecule has 1 saturated heterocycles. The van der Waals surface area contributed by atoms with Crippen molar-refractivity contribution in [1.82, 2.24) is 5.32 Å². The van der Waals surface area contributed by atoms with Crippen molar-refractivity contribution in [2.45, 2.75) is 20.3 Å². The maximum Gasteiger partial charge on any atom is 0.231 e. The molecule has 1 amide bonds. The van der Waals surface area contributed by atoms with Gasteiger partial charge in [-0.1, -0.05) is 22.9 Å². The molecule has 0 spiro atoms. The van der Waals surface area contributed by atoms with Gasteiger partial charge >= 0.3 is 0 Å². The van der Waals surface area contributed by atoms with E-state index in [1.807, 2.05) is 30.9 Å². The molecule has 1 aliphatic rings. The molecule has 0 aliphatic carbocycles. The van der Waals surface area contributed by atoms with Crippen molar-refractivity contribution in [1.29, 1.82) is 0 Å². The zero-order valence-electron chi connectivity index (χ0n) is 10.9. The number of hydrogen-bond donors (Lipinski definition) is 1. The minimum atomic E-state index is 0.0363. The Hall–Kier alpha value is -0.870. The summed E-state index contributed by atoms with van der Waals surface area (Å²) in [6.07, 6.45) is 0.994. The van der Waals surface area contributed by atoms with E-state index in [1.54, 1.807) is 0 Å². The Bertz CT molecular complexity index is 447. The van der Waals surface area contributed by atoms with E-state index in [1.165, 1.54) is 0 Å². The largest absolute Gasteiger partial charge is 0.316 e. The lowest BCUT2D eigenvalue weighted by molar-refractivity contribution is -0.122. The van der Waals surface area contributed by atoms with Crippen LogP contribution in [0, 0.1) is 12.8 Å². The van der Waals surface area contributed by atoms with Crippen LogP contribution in [0.25, 0.3) is 0 Å². The summed E-state index contributed by atoms with van der Waals surface area (Å²) in [6, 6.07) is 6.10. The average molecular weight is 311 g/mol. The van der Waals surface area contributed by atoms with Crippen LogP contribution in [0.4, 0.5) is 5.69 Å². The first-order valence-corrected chi connectivity index (χ1v) is 7.17. The van der Waals surface area contributed by atoms with Crippen molar-refractivity contribution in [2.75, 3.05) is 24.5 Å². The predicted molar refractivity (Wildman–Crippen MR) is 77.9 cm³/mol. The van der Waals surface area contributed by atoms with Crippen molar-refractivity contribution < 1.29 is 4.79 Å². The molecule has 0 radical (unpaired) electrons. The second kappa shape index (κ2) is 5.85. The number of anilines is 1. The van der Waals surface area contributed by atoms with E-state index in [0.29, 0.717) is 0 Å².